The number of hydrogen-bond acceptors (Lipinski definition) is 4. The third-order valence-corrected chi connectivity index (χ3v) is 92.3. The summed E-state index contributed by atoms with van der Waals surface area (Å²) in [4.78, 5) is 0. The molecule has 16 unspecified atom stereocenters. The van der Waals surface area contributed by atoms with Crippen LogP contribution in [0.1, 0.15) is 156 Å². The van der Waals surface area contributed by atoms with Crippen molar-refractivity contribution in [3.8, 4) is 0 Å². The fraction of sp³-hybridized carbons (Fsp3) is 1.00. The second-order valence-electron chi connectivity index (χ2n) is 16.3. The molecule has 22 heteroatoms. The van der Waals surface area contributed by atoms with Gasteiger partial charge < -0.3 is 0 Å². The largest absolute Gasteiger partial charge is 0.209 e. The Balaban J connectivity index is 0.000000264. The fourth-order valence-corrected chi connectivity index (χ4v) is 102. The Morgan fingerprint density at radius 1 is 0.673 bits per heavy atom. The Labute approximate surface area is 380 Å². The van der Waals surface area contributed by atoms with E-state index in [0.717, 1.165) is 47.0 Å². The normalized spacial score (nSPS) is 29.4. The van der Waals surface area contributed by atoms with E-state index in [-0.39, 0.29) is 27.9 Å². The minimum Gasteiger partial charge on any atom is -0.209 e. The van der Waals surface area contributed by atoms with E-state index in [1.165, 1.54) is 61.4 Å². The van der Waals surface area contributed by atoms with Gasteiger partial charge >= 0.3 is 0 Å². The van der Waals surface area contributed by atoms with Crippen molar-refractivity contribution in [2.75, 3.05) is 12.3 Å². The van der Waals surface area contributed by atoms with Gasteiger partial charge in [0.1, 0.15) is 17.1 Å². The molecule has 0 radical (unpaired) electrons. The molecule has 2 nitrogen and oxygen atoms in total. The van der Waals surface area contributed by atoms with Gasteiger partial charge in [-0.15, -0.1) is 61.5 Å². The maximum atomic E-state index is 10.6. The molecule has 5 fully saturated rings. The number of unbranched alkanes of at least 4 members (excludes halogenated alkanes) is 4. The summed E-state index contributed by atoms with van der Waals surface area (Å²) < 4.78 is 21.3. The van der Waals surface area contributed by atoms with Gasteiger partial charge in [0.05, 0.1) is 0 Å². The molecule has 5 aliphatic rings. The fourth-order valence-electron chi connectivity index (χ4n) is 9.29. The van der Waals surface area contributed by atoms with E-state index < -0.39 is 17.1 Å². The highest BCUT2D eigenvalue weighted by Crippen LogP contribution is 2.94. The molecule has 3 heterocycles. The van der Waals surface area contributed by atoms with Gasteiger partial charge in [0.25, 0.3) is 0 Å². The zero-order valence-corrected chi connectivity index (χ0v) is 53.4. The molecule has 55 heavy (non-hydrogen) atoms. The topological polar surface area (TPSA) is 34.1 Å². The smallest absolute Gasteiger partial charge is 0.101 e. The van der Waals surface area contributed by atoms with E-state index >= 15 is 0 Å². The molecule has 2 saturated carbocycles. The SMILES string of the molecule is CC(C)CCCCCP1C2CCCC3CCCC321.CC(C)CCCCCP1C2CCCCC1CC2.O=S(=S)=PP(PP)P(P)P.O=S(=S)=PP(PP)P(P)P. The molecule has 0 N–H and O–H groups in total. The van der Waals surface area contributed by atoms with Crippen LogP contribution in [-0.4, -0.2) is 42.9 Å². The lowest BCUT2D eigenvalue weighted by Gasteiger charge is -2.24. The first-order valence-corrected chi connectivity index (χ1v) is 52.8. The van der Waals surface area contributed by atoms with Crippen molar-refractivity contribution < 1.29 is 8.42 Å². The summed E-state index contributed by atoms with van der Waals surface area (Å²) in [6.45, 7) is 9.07. The standard InChI is InChI=1S/C17H31P.C16H31P.2H7OP7S2/c1-14(2)8-4-3-5-13-18-16-11-6-9-15-10-7-12-17(15,16)18;1-14(2)8-4-3-7-13-17-15-9-5-6-10-16(17)12-11-15;2*1-10(9)6-8(5-2)7(3)4/h14-16H,3-13H2,1-2H3;14-16H,3-13H2,1-2H3;2*5H,2-4H2. The molecule has 2 aliphatic carbocycles. The lowest BCUT2D eigenvalue weighted by molar-refractivity contribution is 0.362. The lowest BCUT2D eigenvalue weighted by atomic mass is 9.82. The maximum absolute atomic E-state index is 10.6. The van der Waals surface area contributed by atoms with Crippen LogP contribution < -0.4 is 0 Å². The summed E-state index contributed by atoms with van der Waals surface area (Å²) in [5.41, 5.74) is 3.64. The Bertz CT molecular complexity index is 1260. The molecule has 3 saturated heterocycles. The van der Waals surface area contributed by atoms with Crippen molar-refractivity contribution >= 4 is 167 Å². The summed E-state index contributed by atoms with van der Waals surface area (Å²) in [5, 5.41) is 0.978. The summed E-state index contributed by atoms with van der Waals surface area (Å²) in [5.74, 6) is 3.02. The van der Waals surface area contributed by atoms with E-state index in [1.807, 2.05) is 0 Å². The Morgan fingerprint density at radius 2 is 1.15 bits per heavy atom. The zero-order valence-electron chi connectivity index (χ0n) is 34.0. The van der Waals surface area contributed by atoms with Crippen LogP contribution in [0.2, 0.25) is 0 Å². The van der Waals surface area contributed by atoms with Gasteiger partial charge in [0.2, 0.25) is 0 Å². The zero-order chi connectivity index (χ0) is 41.0. The minimum absolute atomic E-state index is 0.0789. The highest BCUT2D eigenvalue weighted by molar-refractivity contribution is 9.02. The molecule has 0 amide bonds. The summed E-state index contributed by atoms with van der Waals surface area (Å²) in [7, 11) is 18.9. The second kappa shape index (κ2) is 33.6. The Hall–Kier alpha value is 7.10. The Morgan fingerprint density at radius 3 is 1.56 bits per heavy atom. The van der Waals surface area contributed by atoms with Gasteiger partial charge in [-0.05, 0) is 125 Å². The molecule has 0 aromatic heterocycles. The summed E-state index contributed by atoms with van der Waals surface area (Å²) >= 11 is 9.21. The van der Waals surface area contributed by atoms with Crippen molar-refractivity contribution in [2.45, 2.75) is 178 Å². The molecule has 5 rings (SSSR count). The van der Waals surface area contributed by atoms with E-state index in [9.17, 15) is 8.42 Å². The summed E-state index contributed by atoms with van der Waals surface area (Å²) in [6, 6.07) is 0. The van der Waals surface area contributed by atoms with Crippen LogP contribution >= 0.6 is 127 Å². The molecule has 3 aliphatic heterocycles. The second-order valence-corrected chi connectivity index (χ2v) is 74.0. The first-order valence-electron chi connectivity index (χ1n) is 20.4. The minimum atomic E-state index is -1.05. The van der Waals surface area contributed by atoms with Gasteiger partial charge in [-0.25, -0.2) is 8.42 Å². The molecular weight excluding hydrogens is 1050 g/mol. The first-order chi connectivity index (χ1) is 26.2. The van der Waals surface area contributed by atoms with Gasteiger partial charge in [0, 0.05) is 55.6 Å². The molecule has 0 aromatic carbocycles. The predicted molar refractivity (Wildman–Crippen MR) is 311 cm³/mol. The van der Waals surface area contributed by atoms with Crippen LogP contribution in [0.15, 0.2) is 0 Å². The van der Waals surface area contributed by atoms with E-state index in [4.69, 9.17) is 0 Å². The van der Waals surface area contributed by atoms with Crippen molar-refractivity contribution in [3.63, 3.8) is 0 Å². The number of fused-ring (bicyclic) bond motifs is 2. The first kappa shape index (κ1) is 58.2. The van der Waals surface area contributed by atoms with Crippen LogP contribution in [-0.2, 0) is 39.5 Å². The van der Waals surface area contributed by atoms with Crippen molar-refractivity contribution in [2.24, 2.45) is 17.8 Å². The van der Waals surface area contributed by atoms with Crippen molar-refractivity contribution in [1.82, 2.24) is 0 Å². The van der Waals surface area contributed by atoms with Crippen molar-refractivity contribution in [1.29, 1.82) is 0 Å². The number of hydrogen-bond donors (Lipinski definition) is 0. The van der Waals surface area contributed by atoms with Crippen LogP contribution in [0.4, 0.5) is 0 Å². The predicted octanol–water partition coefficient (Wildman–Crippen LogP) is 19.2. The van der Waals surface area contributed by atoms with Crippen LogP contribution in [0.5, 0.6) is 0 Å². The molecular formula is C33H76O2P16S4. The van der Waals surface area contributed by atoms with Gasteiger partial charge in [0.15, 0.2) is 0 Å². The van der Waals surface area contributed by atoms with Crippen LogP contribution in [0, 0.1) is 17.8 Å². The maximum Gasteiger partial charge on any atom is 0.101 e. The van der Waals surface area contributed by atoms with E-state index in [0.29, 0.717) is 15.8 Å². The average Bonchev–Trinajstić information content (AvgIpc) is 3.36. The molecule has 0 aromatic rings. The average molecular weight is 1130 g/mol. The van der Waals surface area contributed by atoms with Crippen LogP contribution in [0.25, 0.3) is 0 Å². The molecule has 324 valence electrons. The third kappa shape index (κ3) is 23.1. The highest BCUT2D eigenvalue weighted by atomic mass is 33.2. The lowest BCUT2D eigenvalue weighted by Crippen LogP contribution is -2.24. The van der Waals surface area contributed by atoms with Gasteiger partial charge in [-0.3, -0.25) is 0 Å². The van der Waals surface area contributed by atoms with Crippen molar-refractivity contribution in [3.05, 3.63) is 0 Å². The highest BCUT2D eigenvalue weighted by Gasteiger charge is 2.68. The van der Waals surface area contributed by atoms with Crippen LogP contribution in [0.3, 0.4) is 0 Å². The van der Waals surface area contributed by atoms with Gasteiger partial charge in [-0.1, -0.05) is 116 Å². The molecule has 16 atom stereocenters. The van der Waals surface area contributed by atoms with E-state index in [2.05, 4.69) is 104 Å². The Kier molecular flexibility index (Phi) is 35.5. The van der Waals surface area contributed by atoms with E-state index in [1.54, 1.807) is 102 Å². The monoisotopic (exact) mass is 1130 g/mol. The summed E-state index contributed by atoms with van der Waals surface area (Å²) in [6.07, 6.45) is 34.4. The molecule has 1 spiro atoms. The van der Waals surface area contributed by atoms with Gasteiger partial charge in [-0.2, -0.15) is 0 Å². The third-order valence-electron chi connectivity index (χ3n) is 11.7. The number of rotatable bonds is 18. The quantitative estimate of drug-likeness (QED) is 0.101. The molecule has 2 bridgehead atoms.